The molecule has 0 aromatic heterocycles. The van der Waals surface area contributed by atoms with Crippen LogP contribution in [-0.4, -0.2) is 22.3 Å². The summed E-state index contributed by atoms with van der Waals surface area (Å²) in [5, 5.41) is 17.7. The van der Waals surface area contributed by atoms with Crippen LogP contribution < -0.4 is 0 Å². The highest BCUT2D eigenvalue weighted by Crippen LogP contribution is 2.15. The van der Waals surface area contributed by atoms with Gasteiger partial charge in [-0.3, -0.25) is 0 Å². The molecular weight excluding hydrogens is 144 g/mol. The van der Waals surface area contributed by atoms with Crippen molar-refractivity contribution in [1.29, 1.82) is 0 Å². The molecule has 0 aliphatic carbocycles. The van der Waals surface area contributed by atoms with Gasteiger partial charge in [-0.1, -0.05) is 20.4 Å². The van der Waals surface area contributed by atoms with Crippen molar-refractivity contribution in [3.8, 4) is 0 Å². The number of aliphatic hydroxyl groups is 1. The summed E-state index contributed by atoms with van der Waals surface area (Å²) in [7, 11) is 0. The Balaban J connectivity index is 4.13. The van der Waals surface area contributed by atoms with E-state index in [1.807, 2.05) is 0 Å². The molecule has 0 radical (unpaired) electrons. The molecule has 2 atom stereocenters. The molecule has 0 heterocycles. The molecule has 11 heavy (non-hydrogen) atoms. The van der Waals surface area contributed by atoms with Crippen LogP contribution >= 0.6 is 0 Å². The maximum absolute atomic E-state index is 10.4. The van der Waals surface area contributed by atoms with Crippen molar-refractivity contribution >= 4 is 5.97 Å². The Morgan fingerprint density at radius 1 is 1.64 bits per heavy atom. The van der Waals surface area contributed by atoms with Crippen LogP contribution in [0.25, 0.3) is 0 Å². The van der Waals surface area contributed by atoms with Gasteiger partial charge in [-0.25, -0.2) is 4.79 Å². The van der Waals surface area contributed by atoms with Gasteiger partial charge in [0.05, 0.1) is 6.10 Å². The van der Waals surface area contributed by atoms with Crippen molar-refractivity contribution in [3.05, 3.63) is 12.2 Å². The van der Waals surface area contributed by atoms with Gasteiger partial charge in [0.15, 0.2) is 0 Å². The van der Waals surface area contributed by atoms with Gasteiger partial charge in [-0.15, -0.1) is 0 Å². The first-order valence-corrected chi connectivity index (χ1v) is 3.60. The molecule has 3 nitrogen and oxygen atoms in total. The third-order valence-electron chi connectivity index (χ3n) is 1.82. The molecule has 0 amide bonds. The zero-order chi connectivity index (χ0) is 9.02. The van der Waals surface area contributed by atoms with Crippen LogP contribution in [0.4, 0.5) is 0 Å². The van der Waals surface area contributed by atoms with E-state index in [0.29, 0.717) is 6.42 Å². The fourth-order valence-electron chi connectivity index (χ4n) is 0.781. The highest BCUT2D eigenvalue weighted by molar-refractivity contribution is 5.86. The molecule has 0 aromatic carbocycles. The van der Waals surface area contributed by atoms with Crippen LogP contribution in [0.5, 0.6) is 0 Å². The zero-order valence-electron chi connectivity index (χ0n) is 6.87. The van der Waals surface area contributed by atoms with Gasteiger partial charge in [0.25, 0.3) is 0 Å². The van der Waals surface area contributed by atoms with Crippen molar-refractivity contribution in [3.63, 3.8) is 0 Å². The molecule has 0 saturated heterocycles. The van der Waals surface area contributed by atoms with Gasteiger partial charge >= 0.3 is 5.97 Å². The second-order valence-corrected chi connectivity index (χ2v) is 2.59. The first-order valence-electron chi connectivity index (χ1n) is 3.60. The molecule has 0 saturated carbocycles. The lowest BCUT2D eigenvalue weighted by Gasteiger charge is -2.16. The van der Waals surface area contributed by atoms with E-state index in [9.17, 15) is 9.90 Å². The Morgan fingerprint density at radius 3 is 2.36 bits per heavy atom. The molecule has 0 spiro atoms. The van der Waals surface area contributed by atoms with Crippen molar-refractivity contribution in [1.82, 2.24) is 0 Å². The highest BCUT2D eigenvalue weighted by Gasteiger charge is 2.19. The molecular formula is C8H14O3. The van der Waals surface area contributed by atoms with Gasteiger partial charge in [0.2, 0.25) is 0 Å². The van der Waals surface area contributed by atoms with Crippen LogP contribution in [0.2, 0.25) is 0 Å². The third-order valence-corrected chi connectivity index (χ3v) is 1.82. The lowest BCUT2D eigenvalue weighted by molar-refractivity contribution is -0.133. The minimum absolute atomic E-state index is 0.0688. The Hall–Kier alpha value is -0.830. The van der Waals surface area contributed by atoms with Gasteiger partial charge in [-0.2, -0.15) is 0 Å². The van der Waals surface area contributed by atoms with Crippen LogP contribution in [0.15, 0.2) is 12.2 Å². The van der Waals surface area contributed by atoms with Gasteiger partial charge in [-0.05, 0) is 6.42 Å². The number of aliphatic hydroxyl groups excluding tert-OH is 1. The zero-order valence-corrected chi connectivity index (χ0v) is 6.87. The topological polar surface area (TPSA) is 57.5 Å². The van der Waals surface area contributed by atoms with E-state index in [0.717, 1.165) is 0 Å². The number of carbonyl (C=O) groups is 1. The number of carboxylic acid groups (broad SMARTS) is 1. The summed E-state index contributed by atoms with van der Waals surface area (Å²) in [6, 6.07) is 0. The molecule has 3 heteroatoms. The Labute approximate surface area is 66.4 Å². The van der Waals surface area contributed by atoms with E-state index >= 15 is 0 Å². The average Bonchev–Trinajstić information content (AvgIpc) is 2.00. The lowest BCUT2D eigenvalue weighted by atomic mass is 9.95. The summed E-state index contributed by atoms with van der Waals surface area (Å²) in [4.78, 5) is 10.4. The predicted molar refractivity (Wildman–Crippen MR) is 42.2 cm³/mol. The number of hydrogen-bond donors (Lipinski definition) is 2. The SMILES string of the molecule is C=C(C(=O)O)C(C)C(O)CC. The molecule has 0 aliphatic heterocycles. The molecule has 0 fully saturated rings. The summed E-state index contributed by atoms with van der Waals surface area (Å²) in [5.41, 5.74) is 0.0688. The smallest absolute Gasteiger partial charge is 0.331 e. The fraction of sp³-hybridized carbons (Fsp3) is 0.625. The van der Waals surface area contributed by atoms with E-state index in [1.165, 1.54) is 0 Å². The lowest BCUT2D eigenvalue weighted by Crippen LogP contribution is -2.21. The summed E-state index contributed by atoms with van der Waals surface area (Å²) < 4.78 is 0. The summed E-state index contributed by atoms with van der Waals surface area (Å²) in [5.74, 6) is -1.40. The van der Waals surface area contributed by atoms with Gasteiger partial charge in [0, 0.05) is 11.5 Å². The molecule has 0 aliphatic rings. The fourth-order valence-corrected chi connectivity index (χ4v) is 0.781. The van der Waals surface area contributed by atoms with Crippen LogP contribution in [0.3, 0.4) is 0 Å². The number of aliphatic carboxylic acids is 1. The summed E-state index contributed by atoms with van der Waals surface area (Å²) in [6.45, 7) is 6.82. The molecule has 0 bridgehead atoms. The van der Waals surface area contributed by atoms with Gasteiger partial charge in [0.1, 0.15) is 0 Å². The van der Waals surface area contributed by atoms with Gasteiger partial charge < -0.3 is 10.2 Å². The molecule has 64 valence electrons. The van der Waals surface area contributed by atoms with E-state index in [1.54, 1.807) is 13.8 Å². The average molecular weight is 158 g/mol. The van der Waals surface area contributed by atoms with Crippen molar-refractivity contribution < 1.29 is 15.0 Å². The maximum Gasteiger partial charge on any atom is 0.331 e. The Bertz CT molecular complexity index is 163. The minimum atomic E-state index is -1.04. The largest absolute Gasteiger partial charge is 0.478 e. The van der Waals surface area contributed by atoms with Crippen molar-refractivity contribution in [2.24, 2.45) is 5.92 Å². The van der Waals surface area contributed by atoms with E-state index in [-0.39, 0.29) is 11.5 Å². The first kappa shape index (κ1) is 10.2. The van der Waals surface area contributed by atoms with Crippen molar-refractivity contribution in [2.45, 2.75) is 26.4 Å². The molecule has 0 aromatic rings. The van der Waals surface area contributed by atoms with E-state index in [2.05, 4.69) is 6.58 Å². The Kier molecular flexibility index (Phi) is 3.82. The van der Waals surface area contributed by atoms with Crippen molar-refractivity contribution in [2.75, 3.05) is 0 Å². The molecule has 0 rings (SSSR count). The van der Waals surface area contributed by atoms with Crippen LogP contribution in [0, 0.1) is 5.92 Å². The number of hydrogen-bond acceptors (Lipinski definition) is 2. The first-order chi connectivity index (χ1) is 5.00. The molecule has 2 N–H and O–H groups in total. The van der Waals surface area contributed by atoms with E-state index in [4.69, 9.17) is 5.11 Å². The predicted octanol–water partition coefficient (Wildman–Crippen LogP) is 1.03. The monoisotopic (exact) mass is 158 g/mol. The second-order valence-electron chi connectivity index (χ2n) is 2.59. The minimum Gasteiger partial charge on any atom is -0.478 e. The highest BCUT2D eigenvalue weighted by atomic mass is 16.4. The summed E-state index contributed by atoms with van der Waals surface area (Å²) in [6.07, 6.45) is -0.0494. The molecule has 2 unspecified atom stereocenters. The second kappa shape index (κ2) is 4.13. The Morgan fingerprint density at radius 2 is 2.09 bits per heavy atom. The number of rotatable bonds is 4. The quantitative estimate of drug-likeness (QED) is 0.601. The van der Waals surface area contributed by atoms with Crippen LogP contribution in [0.1, 0.15) is 20.3 Å². The normalized spacial score (nSPS) is 15.5. The summed E-state index contributed by atoms with van der Waals surface area (Å²) >= 11 is 0. The van der Waals surface area contributed by atoms with E-state index < -0.39 is 12.1 Å². The third kappa shape index (κ3) is 2.72. The number of carboxylic acids is 1. The van der Waals surface area contributed by atoms with Crippen LogP contribution in [-0.2, 0) is 4.79 Å². The maximum atomic E-state index is 10.4. The standard InChI is InChI=1S/C8H14O3/c1-4-7(9)5(2)6(3)8(10)11/h5,7,9H,3-4H2,1-2H3,(H,10,11).